The number of ether oxygens (including phenoxy) is 1. The summed E-state index contributed by atoms with van der Waals surface area (Å²) in [6.07, 6.45) is 1.39. The minimum absolute atomic E-state index is 0.0159. The van der Waals surface area contributed by atoms with Crippen molar-refractivity contribution in [3.8, 4) is 11.5 Å². The molecule has 0 amide bonds. The van der Waals surface area contributed by atoms with E-state index in [1.807, 2.05) is 0 Å². The van der Waals surface area contributed by atoms with Gasteiger partial charge >= 0.3 is 5.97 Å². The number of aliphatic imine (C=N–C) groups is 1. The van der Waals surface area contributed by atoms with E-state index in [4.69, 9.17) is 9.84 Å². The lowest BCUT2D eigenvalue weighted by Crippen LogP contribution is -2.31. The molecule has 2 rings (SSSR count). The molecule has 0 saturated carbocycles. The highest BCUT2D eigenvalue weighted by Crippen LogP contribution is 2.36. The smallest absolute Gasteiger partial charge is 0.341 e. The highest BCUT2D eigenvalue weighted by molar-refractivity contribution is 8.14. The van der Waals surface area contributed by atoms with E-state index in [0.29, 0.717) is 10.8 Å². The van der Waals surface area contributed by atoms with Crippen LogP contribution in [0.25, 0.3) is 0 Å². The first kappa shape index (κ1) is 15.3. The standard InChI is InChI=1S/C13H14N2O5S/c1-7(16)13(2)6-21-12(15-13)10-11(19)8(3-4-14-10)20-5-9(17)18/h3-4,19H,5-6H2,1-2H3,(H,17,18)/t13-/m1/s1. The van der Waals surface area contributed by atoms with Gasteiger partial charge in [0.25, 0.3) is 0 Å². The number of aromatic hydroxyl groups is 1. The van der Waals surface area contributed by atoms with Crippen molar-refractivity contribution < 1.29 is 24.5 Å². The van der Waals surface area contributed by atoms with Crippen LogP contribution in [0.4, 0.5) is 0 Å². The number of Topliss-reactive ketones (excluding diaryl/α,β-unsaturated/α-hetero) is 1. The fourth-order valence-corrected chi connectivity index (χ4v) is 2.89. The molecule has 1 atom stereocenters. The van der Waals surface area contributed by atoms with Crippen LogP contribution >= 0.6 is 11.8 Å². The quantitative estimate of drug-likeness (QED) is 0.837. The topological polar surface area (TPSA) is 109 Å². The molecule has 7 nitrogen and oxygen atoms in total. The van der Waals surface area contributed by atoms with Crippen LogP contribution in [0, 0.1) is 0 Å². The fraction of sp³-hybridized carbons (Fsp3) is 0.385. The molecular weight excluding hydrogens is 296 g/mol. The SMILES string of the molecule is CC(=O)[C@@]1(C)CSC(c2nccc(OCC(=O)O)c2O)=N1. The number of carbonyl (C=O) groups is 2. The van der Waals surface area contributed by atoms with E-state index in [1.54, 1.807) is 6.92 Å². The van der Waals surface area contributed by atoms with Crippen LogP contribution in [-0.2, 0) is 9.59 Å². The Hall–Kier alpha value is -2.09. The first-order chi connectivity index (χ1) is 9.83. The van der Waals surface area contributed by atoms with Gasteiger partial charge in [0.15, 0.2) is 23.9 Å². The molecule has 2 N–H and O–H groups in total. The Bertz CT molecular complexity index is 631. The third-order valence-electron chi connectivity index (χ3n) is 3.04. The van der Waals surface area contributed by atoms with Crippen molar-refractivity contribution in [2.45, 2.75) is 19.4 Å². The Morgan fingerprint density at radius 2 is 2.24 bits per heavy atom. The van der Waals surface area contributed by atoms with Gasteiger partial charge in [0.2, 0.25) is 0 Å². The summed E-state index contributed by atoms with van der Waals surface area (Å²) >= 11 is 1.31. The second kappa shape index (κ2) is 5.72. The van der Waals surface area contributed by atoms with Gasteiger partial charge in [-0.25, -0.2) is 9.78 Å². The Morgan fingerprint density at radius 3 is 2.81 bits per heavy atom. The largest absolute Gasteiger partial charge is 0.503 e. The summed E-state index contributed by atoms with van der Waals surface area (Å²) in [4.78, 5) is 30.4. The maximum Gasteiger partial charge on any atom is 0.341 e. The predicted molar refractivity (Wildman–Crippen MR) is 77.1 cm³/mol. The number of thioether (sulfide) groups is 1. The predicted octanol–water partition coefficient (Wildman–Crippen LogP) is 1.09. The van der Waals surface area contributed by atoms with Crippen molar-refractivity contribution in [1.29, 1.82) is 0 Å². The van der Waals surface area contributed by atoms with Gasteiger partial charge in [-0.2, -0.15) is 0 Å². The van der Waals surface area contributed by atoms with Gasteiger partial charge in [-0.15, -0.1) is 11.8 Å². The van der Waals surface area contributed by atoms with E-state index in [1.165, 1.54) is 30.9 Å². The van der Waals surface area contributed by atoms with Gasteiger partial charge in [0.1, 0.15) is 16.3 Å². The highest BCUT2D eigenvalue weighted by Gasteiger charge is 2.37. The summed E-state index contributed by atoms with van der Waals surface area (Å²) in [5, 5.41) is 19.1. The lowest BCUT2D eigenvalue weighted by molar-refractivity contribution is -0.139. The molecule has 0 fully saturated rings. The molecule has 8 heteroatoms. The molecule has 1 aliphatic heterocycles. The molecule has 1 aliphatic rings. The van der Waals surface area contributed by atoms with Crippen molar-refractivity contribution >= 4 is 28.6 Å². The van der Waals surface area contributed by atoms with E-state index < -0.39 is 18.1 Å². The number of rotatable bonds is 5. The molecule has 21 heavy (non-hydrogen) atoms. The molecular formula is C13H14N2O5S. The molecule has 1 aromatic heterocycles. The monoisotopic (exact) mass is 310 g/mol. The molecule has 112 valence electrons. The number of nitrogens with zero attached hydrogens (tertiary/aromatic N) is 2. The van der Waals surface area contributed by atoms with Gasteiger partial charge in [-0.1, -0.05) is 0 Å². The summed E-state index contributed by atoms with van der Waals surface area (Å²) in [5.41, 5.74) is -0.639. The third kappa shape index (κ3) is 3.15. The maximum absolute atomic E-state index is 11.6. The Labute approximate surface area is 125 Å². The Morgan fingerprint density at radius 1 is 1.52 bits per heavy atom. The number of carboxylic acids is 1. The van der Waals surface area contributed by atoms with Crippen LogP contribution < -0.4 is 4.74 Å². The van der Waals surface area contributed by atoms with Crippen LogP contribution in [-0.4, -0.2) is 49.9 Å². The van der Waals surface area contributed by atoms with Gasteiger partial charge in [-0.05, 0) is 13.8 Å². The zero-order valence-electron chi connectivity index (χ0n) is 11.5. The van der Waals surface area contributed by atoms with Crippen LogP contribution in [0.5, 0.6) is 11.5 Å². The number of carbonyl (C=O) groups excluding carboxylic acids is 1. The molecule has 0 aliphatic carbocycles. The molecule has 0 spiro atoms. The average molecular weight is 310 g/mol. The lowest BCUT2D eigenvalue weighted by atomic mass is 10.0. The van der Waals surface area contributed by atoms with E-state index in [9.17, 15) is 14.7 Å². The maximum atomic E-state index is 11.6. The van der Waals surface area contributed by atoms with Crippen molar-refractivity contribution in [3.63, 3.8) is 0 Å². The number of aliphatic carboxylic acids is 1. The van der Waals surface area contributed by atoms with Crippen molar-refractivity contribution in [2.75, 3.05) is 12.4 Å². The van der Waals surface area contributed by atoms with Crippen molar-refractivity contribution in [2.24, 2.45) is 4.99 Å². The van der Waals surface area contributed by atoms with Gasteiger partial charge in [-0.3, -0.25) is 9.79 Å². The zero-order chi connectivity index (χ0) is 15.6. The first-order valence-corrected chi connectivity index (χ1v) is 7.08. The van der Waals surface area contributed by atoms with Crippen molar-refractivity contribution in [1.82, 2.24) is 4.98 Å². The molecule has 0 bridgehead atoms. The Kier molecular flexibility index (Phi) is 4.17. The third-order valence-corrected chi connectivity index (χ3v) is 4.30. The molecule has 0 unspecified atom stereocenters. The van der Waals surface area contributed by atoms with Crippen LogP contribution in [0.15, 0.2) is 17.3 Å². The highest BCUT2D eigenvalue weighted by atomic mass is 32.2. The molecule has 2 heterocycles. The molecule has 0 aromatic carbocycles. The molecule has 0 radical (unpaired) electrons. The summed E-state index contributed by atoms with van der Waals surface area (Å²) in [7, 11) is 0. The summed E-state index contributed by atoms with van der Waals surface area (Å²) < 4.78 is 4.98. The van der Waals surface area contributed by atoms with Crippen LogP contribution in [0.2, 0.25) is 0 Å². The summed E-state index contributed by atoms with van der Waals surface area (Å²) in [6.45, 7) is 2.62. The number of hydrogen-bond donors (Lipinski definition) is 2. The van der Waals surface area contributed by atoms with E-state index in [-0.39, 0.29) is 23.0 Å². The second-order valence-corrected chi connectivity index (χ2v) is 5.69. The van der Waals surface area contributed by atoms with Crippen LogP contribution in [0.3, 0.4) is 0 Å². The second-order valence-electron chi connectivity index (χ2n) is 4.72. The lowest BCUT2D eigenvalue weighted by Gasteiger charge is -2.14. The zero-order valence-corrected chi connectivity index (χ0v) is 12.3. The number of aromatic nitrogens is 1. The molecule has 0 saturated heterocycles. The Balaban J connectivity index is 2.31. The average Bonchev–Trinajstić information content (AvgIpc) is 2.81. The van der Waals surface area contributed by atoms with Gasteiger partial charge in [0, 0.05) is 18.0 Å². The van der Waals surface area contributed by atoms with Crippen molar-refractivity contribution in [3.05, 3.63) is 18.0 Å². The number of hydrogen-bond acceptors (Lipinski definition) is 7. The van der Waals surface area contributed by atoms with E-state index in [0.717, 1.165) is 0 Å². The number of ketones is 1. The fourth-order valence-electron chi connectivity index (χ4n) is 1.65. The van der Waals surface area contributed by atoms with Crippen LogP contribution in [0.1, 0.15) is 19.5 Å². The number of carboxylic acid groups (broad SMARTS) is 1. The molecule has 1 aromatic rings. The minimum atomic E-state index is -1.15. The van der Waals surface area contributed by atoms with Gasteiger partial charge < -0.3 is 14.9 Å². The summed E-state index contributed by atoms with van der Waals surface area (Å²) in [5.74, 6) is -1.01. The number of pyridine rings is 1. The minimum Gasteiger partial charge on any atom is -0.503 e. The van der Waals surface area contributed by atoms with Gasteiger partial charge in [0.05, 0.1) is 0 Å². The van der Waals surface area contributed by atoms with E-state index >= 15 is 0 Å². The first-order valence-electron chi connectivity index (χ1n) is 6.10. The summed E-state index contributed by atoms with van der Waals surface area (Å²) in [6, 6.07) is 1.37. The van der Waals surface area contributed by atoms with E-state index in [2.05, 4.69) is 9.98 Å². The normalized spacial score (nSPS) is 21.0.